The zero-order valence-corrected chi connectivity index (χ0v) is 10.6. The number of aromatic nitrogens is 4. The Kier molecular flexibility index (Phi) is 3.42. The van der Waals surface area contributed by atoms with Crippen molar-refractivity contribution in [3.63, 3.8) is 0 Å². The van der Waals surface area contributed by atoms with Crippen LogP contribution < -0.4 is 11.1 Å². The Labute approximate surface area is 107 Å². The van der Waals surface area contributed by atoms with Crippen molar-refractivity contribution in [2.24, 2.45) is 0 Å². The van der Waals surface area contributed by atoms with E-state index in [-0.39, 0.29) is 17.4 Å². The fraction of sp³-hybridized carbons (Fsp3) is 0.333. The topological polar surface area (TPSA) is 119 Å². The van der Waals surface area contributed by atoms with Crippen molar-refractivity contribution in [3.8, 4) is 0 Å². The number of carbonyl (C=O) groups excluding carboxylic acids is 1. The number of nitrogens with zero attached hydrogens (tertiary/aromatic N) is 3. The van der Waals surface area contributed by atoms with E-state index in [0.29, 0.717) is 10.8 Å². The molecule has 2 aromatic heterocycles. The van der Waals surface area contributed by atoms with Gasteiger partial charge in [0.05, 0.1) is 13.2 Å². The van der Waals surface area contributed by atoms with Gasteiger partial charge in [-0.05, 0) is 18.5 Å². The van der Waals surface area contributed by atoms with Gasteiger partial charge in [0.15, 0.2) is 5.82 Å². The lowest BCUT2D eigenvalue weighted by Gasteiger charge is -2.11. The van der Waals surface area contributed by atoms with Gasteiger partial charge in [-0.1, -0.05) is 0 Å². The molecule has 0 amide bonds. The first kappa shape index (κ1) is 12.3. The number of H-pyrrole nitrogens is 1. The van der Waals surface area contributed by atoms with Crippen molar-refractivity contribution in [1.82, 2.24) is 19.6 Å². The molecule has 0 aliphatic carbocycles. The first-order chi connectivity index (χ1) is 8.63. The van der Waals surface area contributed by atoms with Crippen LogP contribution in [0.15, 0.2) is 6.33 Å². The van der Waals surface area contributed by atoms with Crippen molar-refractivity contribution < 1.29 is 9.53 Å². The van der Waals surface area contributed by atoms with Crippen LogP contribution in [0.1, 0.15) is 29.1 Å². The number of nitrogens with one attached hydrogen (secondary N) is 2. The number of esters is 1. The van der Waals surface area contributed by atoms with Crippen LogP contribution in [0, 0.1) is 0 Å². The Hall–Kier alpha value is -2.16. The molecule has 0 saturated heterocycles. The number of anilines is 2. The fourth-order valence-electron chi connectivity index (χ4n) is 1.39. The minimum Gasteiger partial charge on any atom is -0.465 e. The summed E-state index contributed by atoms with van der Waals surface area (Å²) in [6.07, 6.45) is 1.41. The first-order valence-electron chi connectivity index (χ1n) is 5.08. The van der Waals surface area contributed by atoms with Gasteiger partial charge in [0.25, 0.3) is 0 Å². The molecule has 2 rings (SSSR count). The SMILES string of the molecule is COC(=O)c1c(N)nsc1NC(C)c1ncn[nH]1. The number of hydrogen-bond donors (Lipinski definition) is 3. The predicted molar refractivity (Wildman–Crippen MR) is 66.3 cm³/mol. The van der Waals surface area contributed by atoms with E-state index in [0.717, 1.165) is 11.5 Å². The van der Waals surface area contributed by atoms with Crippen molar-refractivity contribution >= 4 is 28.3 Å². The Morgan fingerprint density at radius 2 is 2.44 bits per heavy atom. The highest BCUT2D eigenvalue weighted by atomic mass is 32.1. The van der Waals surface area contributed by atoms with Crippen LogP contribution in [0.3, 0.4) is 0 Å². The number of ether oxygens (including phenoxy) is 1. The summed E-state index contributed by atoms with van der Waals surface area (Å²) in [5.41, 5.74) is 5.88. The van der Waals surface area contributed by atoms with E-state index in [9.17, 15) is 4.79 Å². The van der Waals surface area contributed by atoms with Crippen molar-refractivity contribution in [1.29, 1.82) is 0 Å². The van der Waals surface area contributed by atoms with E-state index in [2.05, 4.69) is 29.6 Å². The van der Waals surface area contributed by atoms with Crippen molar-refractivity contribution in [3.05, 3.63) is 17.7 Å². The third-order valence-corrected chi connectivity index (χ3v) is 3.09. The fourth-order valence-corrected chi connectivity index (χ4v) is 2.18. The van der Waals surface area contributed by atoms with Crippen LogP contribution in [0.4, 0.5) is 10.8 Å². The minimum absolute atomic E-state index is 0.152. The van der Waals surface area contributed by atoms with Crippen LogP contribution in [-0.2, 0) is 4.74 Å². The van der Waals surface area contributed by atoms with Gasteiger partial charge >= 0.3 is 5.97 Å². The molecule has 0 saturated carbocycles. The second-order valence-electron chi connectivity index (χ2n) is 3.50. The van der Waals surface area contributed by atoms with Gasteiger partial charge in [-0.25, -0.2) is 9.78 Å². The summed E-state index contributed by atoms with van der Waals surface area (Å²) in [5.74, 6) is 0.283. The monoisotopic (exact) mass is 268 g/mol. The number of hydrogen-bond acceptors (Lipinski definition) is 8. The molecule has 0 fully saturated rings. The number of aromatic amines is 1. The average molecular weight is 268 g/mol. The van der Waals surface area contributed by atoms with Crippen LogP contribution in [-0.4, -0.2) is 32.6 Å². The molecule has 9 heteroatoms. The van der Waals surface area contributed by atoms with E-state index in [4.69, 9.17) is 5.73 Å². The molecule has 4 N–H and O–H groups in total. The van der Waals surface area contributed by atoms with E-state index in [1.54, 1.807) is 0 Å². The highest BCUT2D eigenvalue weighted by molar-refractivity contribution is 7.11. The molecular weight excluding hydrogens is 256 g/mol. The summed E-state index contributed by atoms with van der Waals surface area (Å²) in [7, 11) is 1.29. The van der Waals surface area contributed by atoms with Gasteiger partial charge in [-0.15, -0.1) is 0 Å². The molecule has 0 radical (unpaired) electrons. The number of carbonyl (C=O) groups is 1. The molecule has 1 atom stereocenters. The highest BCUT2D eigenvalue weighted by Gasteiger charge is 2.21. The standard InChI is InChI=1S/C9H12N6O2S/c1-4(7-11-3-12-14-7)13-8-5(9(16)17-2)6(10)15-18-8/h3-4,13H,1-2H3,(H2,10,15)(H,11,12,14). The Balaban J connectivity index is 2.22. The summed E-state index contributed by atoms with van der Waals surface area (Å²) in [5, 5.41) is 10.1. The van der Waals surface area contributed by atoms with E-state index >= 15 is 0 Å². The van der Waals surface area contributed by atoms with Crippen molar-refractivity contribution in [2.75, 3.05) is 18.2 Å². The first-order valence-corrected chi connectivity index (χ1v) is 5.86. The highest BCUT2D eigenvalue weighted by Crippen LogP contribution is 2.30. The zero-order valence-electron chi connectivity index (χ0n) is 9.80. The largest absolute Gasteiger partial charge is 0.465 e. The molecule has 0 aliphatic rings. The predicted octanol–water partition coefficient (Wildman–Crippen LogP) is 0.803. The van der Waals surface area contributed by atoms with Gasteiger partial charge in [-0.3, -0.25) is 5.10 Å². The lowest BCUT2D eigenvalue weighted by Crippen LogP contribution is -2.12. The molecule has 8 nitrogen and oxygen atoms in total. The van der Waals surface area contributed by atoms with Crippen LogP contribution in [0.25, 0.3) is 0 Å². The number of nitrogen functional groups attached to an aromatic ring is 1. The van der Waals surface area contributed by atoms with Gasteiger partial charge in [0, 0.05) is 0 Å². The maximum absolute atomic E-state index is 11.6. The van der Waals surface area contributed by atoms with E-state index in [1.807, 2.05) is 6.92 Å². The quantitative estimate of drug-likeness (QED) is 0.702. The summed E-state index contributed by atoms with van der Waals surface area (Å²) in [6.45, 7) is 1.87. The average Bonchev–Trinajstić information content (AvgIpc) is 2.98. The Morgan fingerprint density at radius 3 is 3.06 bits per heavy atom. The second kappa shape index (κ2) is 5.00. The Bertz CT molecular complexity index is 537. The molecule has 96 valence electrons. The smallest absolute Gasteiger partial charge is 0.344 e. The van der Waals surface area contributed by atoms with E-state index in [1.165, 1.54) is 13.4 Å². The minimum atomic E-state index is -0.520. The maximum atomic E-state index is 11.6. The summed E-state index contributed by atoms with van der Waals surface area (Å²) in [4.78, 5) is 15.6. The number of nitrogens with two attached hydrogens (primary N) is 1. The summed E-state index contributed by atoms with van der Waals surface area (Å²) in [6, 6.07) is -0.157. The molecule has 2 heterocycles. The summed E-state index contributed by atoms with van der Waals surface area (Å²) < 4.78 is 8.59. The van der Waals surface area contributed by atoms with Gasteiger partial charge in [0.2, 0.25) is 0 Å². The van der Waals surface area contributed by atoms with Crippen LogP contribution >= 0.6 is 11.5 Å². The van der Waals surface area contributed by atoms with Gasteiger partial charge in [0.1, 0.15) is 22.7 Å². The molecule has 0 aromatic carbocycles. The Morgan fingerprint density at radius 1 is 1.67 bits per heavy atom. The van der Waals surface area contributed by atoms with Crippen LogP contribution in [0.2, 0.25) is 0 Å². The molecule has 0 spiro atoms. The van der Waals surface area contributed by atoms with E-state index < -0.39 is 5.97 Å². The van der Waals surface area contributed by atoms with Gasteiger partial charge < -0.3 is 15.8 Å². The van der Waals surface area contributed by atoms with Gasteiger partial charge in [-0.2, -0.15) is 9.47 Å². The van der Waals surface area contributed by atoms with Crippen LogP contribution in [0.5, 0.6) is 0 Å². The molecule has 0 bridgehead atoms. The normalized spacial score (nSPS) is 12.1. The molecule has 2 aromatic rings. The third-order valence-electron chi connectivity index (χ3n) is 2.30. The number of rotatable bonds is 4. The maximum Gasteiger partial charge on any atom is 0.344 e. The molecule has 1 unspecified atom stereocenters. The van der Waals surface area contributed by atoms with Crippen molar-refractivity contribution in [2.45, 2.75) is 13.0 Å². The summed E-state index contributed by atoms with van der Waals surface area (Å²) >= 11 is 1.10. The second-order valence-corrected chi connectivity index (χ2v) is 4.27. The lowest BCUT2D eigenvalue weighted by molar-refractivity contribution is 0.0603. The lowest BCUT2D eigenvalue weighted by atomic mass is 10.2. The molecule has 0 aliphatic heterocycles. The zero-order chi connectivity index (χ0) is 13.1. The molecule has 18 heavy (non-hydrogen) atoms. The number of methoxy groups -OCH3 is 1. The molecular formula is C9H12N6O2S. The third kappa shape index (κ3) is 2.25.